The average molecular weight is 437 g/mol. The van der Waals surface area contributed by atoms with Crippen LogP contribution in [0.4, 0.5) is 4.79 Å². The van der Waals surface area contributed by atoms with E-state index >= 15 is 0 Å². The second-order valence-corrected chi connectivity index (χ2v) is 8.59. The Morgan fingerprint density at radius 1 is 0.742 bits per heavy atom. The van der Waals surface area contributed by atoms with Crippen molar-refractivity contribution in [1.29, 1.82) is 0 Å². The predicted molar refractivity (Wildman–Crippen MR) is 120 cm³/mol. The second kappa shape index (κ2) is 7.46. The smallest absolute Gasteiger partial charge is 0.332 e. The topological polar surface area (TPSA) is 81.8 Å². The number of imide groups is 2. The summed E-state index contributed by atoms with van der Waals surface area (Å²) >= 11 is 5.48. The van der Waals surface area contributed by atoms with E-state index in [9.17, 15) is 14.4 Å². The van der Waals surface area contributed by atoms with Crippen LogP contribution in [0.5, 0.6) is 0 Å². The first-order valence-corrected chi connectivity index (χ1v) is 10.4. The maximum atomic E-state index is 13.8. The van der Waals surface area contributed by atoms with E-state index in [1.54, 1.807) is 0 Å². The number of urea groups is 1. The van der Waals surface area contributed by atoms with Crippen LogP contribution in [0.2, 0.25) is 0 Å². The average Bonchev–Trinajstić information content (AvgIpc) is 2.76. The van der Waals surface area contributed by atoms with Gasteiger partial charge in [0.05, 0.1) is 12.1 Å². The van der Waals surface area contributed by atoms with Gasteiger partial charge in [0.15, 0.2) is 10.5 Å². The molecule has 2 saturated heterocycles. The Morgan fingerprint density at radius 3 is 1.45 bits per heavy atom. The lowest BCUT2D eigenvalue weighted by Crippen LogP contribution is -2.73. The van der Waals surface area contributed by atoms with Gasteiger partial charge in [-0.15, -0.1) is 0 Å². The molecule has 0 saturated carbocycles. The van der Waals surface area contributed by atoms with Crippen molar-refractivity contribution >= 4 is 35.2 Å². The number of carbonyl (C=O) groups is 3. The van der Waals surface area contributed by atoms with E-state index in [1.165, 1.54) is 14.1 Å². The summed E-state index contributed by atoms with van der Waals surface area (Å²) in [5, 5.41) is 6.65. The minimum absolute atomic E-state index is 0.338. The molecule has 2 unspecified atom stereocenters. The molecule has 2 aliphatic rings. The predicted octanol–water partition coefficient (Wildman–Crippen LogP) is 2.60. The van der Waals surface area contributed by atoms with E-state index in [0.717, 1.165) is 32.1 Å². The number of rotatable bonds is 2. The quantitative estimate of drug-likeness (QED) is 0.556. The van der Waals surface area contributed by atoms with Gasteiger partial charge in [0.2, 0.25) is 0 Å². The van der Waals surface area contributed by atoms with Gasteiger partial charge >= 0.3 is 6.03 Å². The molecule has 2 heterocycles. The third-order valence-electron chi connectivity index (χ3n) is 6.17. The summed E-state index contributed by atoms with van der Waals surface area (Å²) in [6.07, 6.45) is 0. The lowest BCUT2D eigenvalue weighted by molar-refractivity contribution is -0.163. The molecule has 160 valence electrons. The number of nitrogens with zero attached hydrogens (tertiary/aromatic N) is 2. The number of benzene rings is 2. The van der Waals surface area contributed by atoms with Gasteiger partial charge in [0, 0.05) is 14.1 Å². The summed E-state index contributed by atoms with van der Waals surface area (Å²) in [6, 6.07) is 13.0. The van der Waals surface area contributed by atoms with Gasteiger partial charge in [0.25, 0.3) is 11.8 Å². The normalized spacial score (nSPS) is 23.1. The molecule has 0 radical (unpaired) electrons. The molecule has 4 rings (SSSR count). The van der Waals surface area contributed by atoms with Crippen molar-refractivity contribution < 1.29 is 14.4 Å². The van der Waals surface area contributed by atoms with Crippen molar-refractivity contribution in [2.24, 2.45) is 5.41 Å². The molecule has 2 fully saturated rings. The number of hydrogen-bond donors (Lipinski definition) is 2. The van der Waals surface area contributed by atoms with Gasteiger partial charge in [-0.3, -0.25) is 19.4 Å². The van der Waals surface area contributed by atoms with Crippen molar-refractivity contribution in [3.8, 4) is 0 Å². The van der Waals surface area contributed by atoms with Crippen LogP contribution in [-0.2, 0) is 9.59 Å². The number of carbonyl (C=O) groups excluding carboxylic acids is 3. The van der Waals surface area contributed by atoms with Crippen molar-refractivity contribution in [2.75, 3.05) is 14.1 Å². The van der Waals surface area contributed by atoms with Crippen molar-refractivity contribution in [3.05, 3.63) is 70.8 Å². The highest BCUT2D eigenvalue weighted by Crippen LogP contribution is 2.51. The highest BCUT2D eigenvalue weighted by Gasteiger charge is 2.66. The van der Waals surface area contributed by atoms with E-state index < -0.39 is 35.3 Å². The number of aryl methyl sites for hydroxylation is 2. The second-order valence-electron chi connectivity index (χ2n) is 8.19. The Morgan fingerprint density at radius 2 is 1.10 bits per heavy atom. The molecule has 2 aromatic rings. The van der Waals surface area contributed by atoms with Gasteiger partial charge in [0.1, 0.15) is 0 Å². The maximum absolute atomic E-state index is 13.8. The summed E-state index contributed by atoms with van der Waals surface area (Å²) in [4.78, 5) is 42.2. The Hall–Kier alpha value is -3.26. The van der Waals surface area contributed by atoms with Crippen LogP contribution < -0.4 is 10.6 Å². The van der Waals surface area contributed by atoms with Crippen LogP contribution in [0.15, 0.2) is 48.5 Å². The summed E-state index contributed by atoms with van der Waals surface area (Å²) in [7, 11) is 2.81. The van der Waals surface area contributed by atoms with Crippen LogP contribution in [0.25, 0.3) is 0 Å². The summed E-state index contributed by atoms with van der Waals surface area (Å²) in [5.41, 5.74) is 1.93. The summed E-state index contributed by atoms with van der Waals surface area (Å²) < 4.78 is 0. The molecule has 4 amide bonds. The first kappa shape index (κ1) is 21.0. The van der Waals surface area contributed by atoms with E-state index in [0.29, 0.717) is 5.11 Å². The fraction of sp³-hybridized carbons (Fsp3) is 0.304. The largest absolute Gasteiger partial charge is 0.354 e. The lowest BCUT2D eigenvalue weighted by atomic mass is 9.65. The van der Waals surface area contributed by atoms with Crippen LogP contribution in [0.3, 0.4) is 0 Å². The lowest BCUT2D eigenvalue weighted by Gasteiger charge is -2.52. The number of hydrogen-bond acceptors (Lipinski definition) is 4. The zero-order chi connectivity index (χ0) is 22.5. The molecule has 31 heavy (non-hydrogen) atoms. The molecule has 2 N–H and O–H groups in total. The van der Waals surface area contributed by atoms with Gasteiger partial charge in [-0.2, -0.15) is 0 Å². The zero-order valence-corrected chi connectivity index (χ0v) is 18.6. The number of thiocarbonyl (C=S) groups is 1. The standard InChI is InChI=1S/C23H24N4O3S/c1-13-5-9-15(10-6-13)17-23(19(28)26(3)22(30)27(4)20(23)29)18(25-21(31)24-17)16-11-7-14(2)8-12-16/h5-12,17-18H,1-4H3,(H2,24,25,31). The molecule has 0 aliphatic carbocycles. The number of nitrogens with one attached hydrogen (secondary N) is 2. The third-order valence-corrected chi connectivity index (χ3v) is 6.41. The Bertz CT molecular complexity index is 998. The molecule has 0 bridgehead atoms. The van der Waals surface area contributed by atoms with Crippen LogP contribution in [-0.4, -0.2) is 46.9 Å². The molecule has 2 aliphatic heterocycles. The van der Waals surface area contributed by atoms with Crippen LogP contribution >= 0.6 is 12.2 Å². The van der Waals surface area contributed by atoms with E-state index in [-0.39, 0.29) is 0 Å². The molecule has 0 aromatic heterocycles. The maximum Gasteiger partial charge on any atom is 0.332 e. The van der Waals surface area contributed by atoms with Gasteiger partial charge in [-0.1, -0.05) is 59.7 Å². The van der Waals surface area contributed by atoms with Gasteiger partial charge in [-0.25, -0.2) is 4.79 Å². The Kier molecular flexibility index (Phi) is 5.05. The molecule has 7 nitrogen and oxygen atoms in total. The Balaban J connectivity index is 1.99. The fourth-order valence-electron chi connectivity index (χ4n) is 4.45. The van der Waals surface area contributed by atoms with E-state index in [4.69, 9.17) is 12.2 Å². The van der Waals surface area contributed by atoms with Gasteiger partial charge in [-0.05, 0) is 37.2 Å². The number of amides is 4. The molecule has 2 atom stereocenters. The molecule has 8 heteroatoms. The van der Waals surface area contributed by atoms with Gasteiger partial charge < -0.3 is 10.6 Å². The molecule has 1 spiro atoms. The summed E-state index contributed by atoms with van der Waals surface area (Å²) in [5.74, 6) is -1.14. The zero-order valence-electron chi connectivity index (χ0n) is 17.8. The SMILES string of the molecule is Cc1ccc(C2NC(=S)NC(c3ccc(C)cc3)C23C(=O)N(C)C(=O)N(C)C3=O)cc1. The molecule has 2 aromatic carbocycles. The van der Waals surface area contributed by atoms with Crippen molar-refractivity contribution in [1.82, 2.24) is 20.4 Å². The van der Waals surface area contributed by atoms with E-state index in [1.807, 2.05) is 62.4 Å². The monoisotopic (exact) mass is 436 g/mol. The first-order valence-electron chi connectivity index (χ1n) is 9.98. The molecular weight excluding hydrogens is 412 g/mol. The fourth-order valence-corrected chi connectivity index (χ4v) is 4.68. The van der Waals surface area contributed by atoms with E-state index in [2.05, 4.69) is 10.6 Å². The molecular formula is C23H24N4O3S. The third kappa shape index (κ3) is 3.09. The minimum atomic E-state index is -1.65. The number of barbiturate groups is 1. The van der Waals surface area contributed by atoms with Crippen LogP contribution in [0, 0.1) is 19.3 Å². The highest BCUT2D eigenvalue weighted by molar-refractivity contribution is 7.80. The summed E-state index contributed by atoms with van der Waals surface area (Å²) in [6.45, 7) is 3.93. The Labute approximate surface area is 186 Å². The first-order chi connectivity index (χ1) is 14.7. The van der Waals surface area contributed by atoms with Crippen molar-refractivity contribution in [2.45, 2.75) is 25.9 Å². The highest BCUT2D eigenvalue weighted by atomic mass is 32.1. The van der Waals surface area contributed by atoms with Crippen molar-refractivity contribution in [3.63, 3.8) is 0 Å². The van der Waals surface area contributed by atoms with Crippen LogP contribution in [0.1, 0.15) is 34.3 Å². The minimum Gasteiger partial charge on any atom is -0.354 e.